The summed E-state index contributed by atoms with van der Waals surface area (Å²) >= 11 is 5.84. The molecule has 0 aliphatic rings. The van der Waals surface area contributed by atoms with E-state index in [1.165, 1.54) is 12.1 Å². The molecule has 0 bridgehead atoms. The van der Waals surface area contributed by atoms with Crippen molar-refractivity contribution >= 4 is 28.2 Å². The average molecular weight is 301 g/mol. The van der Waals surface area contributed by atoms with Gasteiger partial charge in [-0.3, -0.25) is 4.98 Å². The zero-order valence-electron chi connectivity index (χ0n) is 11.5. The Kier molecular flexibility index (Phi) is 3.76. The van der Waals surface area contributed by atoms with Crippen LogP contribution in [0, 0.1) is 12.7 Å². The van der Waals surface area contributed by atoms with Crippen LogP contribution in [0.3, 0.4) is 0 Å². The van der Waals surface area contributed by atoms with Gasteiger partial charge in [-0.15, -0.1) is 0 Å². The van der Waals surface area contributed by atoms with Crippen molar-refractivity contribution in [2.45, 2.75) is 13.5 Å². The smallest absolute Gasteiger partial charge is 0.126 e. The molecule has 0 fully saturated rings. The summed E-state index contributed by atoms with van der Waals surface area (Å²) in [7, 11) is 0. The third kappa shape index (κ3) is 3.31. The number of halogens is 2. The Bertz CT molecular complexity index is 782. The highest BCUT2D eigenvalue weighted by Crippen LogP contribution is 2.20. The van der Waals surface area contributed by atoms with Gasteiger partial charge in [0.15, 0.2) is 0 Å². The van der Waals surface area contributed by atoms with Crippen LogP contribution in [0.2, 0.25) is 5.02 Å². The number of fused-ring (bicyclic) bond motifs is 1. The number of nitrogens with one attached hydrogen (secondary N) is 1. The molecule has 0 saturated carbocycles. The normalized spacial score (nSPS) is 10.8. The summed E-state index contributed by atoms with van der Waals surface area (Å²) < 4.78 is 13.3. The summed E-state index contributed by atoms with van der Waals surface area (Å²) in [6.07, 6.45) is 0. The molecule has 0 aliphatic carbocycles. The summed E-state index contributed by atoms with van der Waals surface area (Å²) in [5.41, 5.74) is 3.76. The van der Waals surface area contributed by atoms with Crippen molar-refractivity contribution in [1.82, 2.24) is 4.98 Å². The van der Waals surface area contributed by atoms with Gasteiger partial charge in [-0.2, -0.15) is 0 Å². The first-order valence-corrected chi connectivity index (χ1v) is 7.04. The van der Waals surface area contributed by atoms with E-state index in [0.717, 1.165) is 22.2 Å². The van der Waals surface area contributed by atoms with Crippen LogP contribution >= 0.6 is 11.6 Å². The Morgan fingerprint density at radius 3 is 2.76 bits per heavy atom. The fourth-order valence-electron chi connectivity index (χ4n) is 2.25. The number of nitrogens with zero attached hydrogens (tertiary/aromatic N) is 1. The van der Waals surface area contributed by atoms with Gasteiger partial charge in [0, 0.05) is 28.3 Å². The highest BCUT2D eigenvalue weighted by molar-refractivity contribution is 6.30. The van der Waals surface area contributed by atoms with Crippen LogP contribution in [0.15, 0.2) is 48.5 Å². The van der Waals surface area contributed by atoms with Crippen LogP contribution in [0.25, 0.3) is 10.9 Å². The van der Waals surface area contributed by atoms with Gasteiger partial charge >= 0.3 is 0 Å². The van der Waals surface area contributed by atoms with E-state index in [4.69, 9.17) is 11.6 Å². The lowest BCUT2D eigenvalue weighted by atomic mass is 10.1. The predicted molar refractivity (Wildman–Crippen MR) is 85.2 cm³/mol. The van der Waals surface area contributed by atoms with Gasteiger partial charge in [0.1, 0.15) is 5.82 Å². The van der Waals surface area contributed by atoms with Crippen LogP contribution in [0.5, 0.6) is 0 Å². The van der Waals surface area contributed by atoms with Gasteiger partial charge in [0.2, 0.25) is 0 Å². The molecule has 4 heteroatoms. The highest BCUT2D eigenvalue weighted by Gasteiger charge is 2.01. The lowest BCUT2D eigenvalue weighted by Crippen LogP contribution is -2.00. The van der Waals surface area contributed by atoms with Gasteiger partial charge in [0.05, 0.1) is 5.52 Å². The second-order valence-electron chi connectivity index (χ2n) is 4.99. The van der Waals surface area contributed by atoms with Crippen molar-refractivity contribution in [2.75, 3.05) is 5.32 Å². The summed E-state index contributed by atoms with van der Waals surface area (Å²) in [4.78, 5) is 4.47. The summed E-state index contributed by atoms with van der Waals surface area (Å²) in [6.45, 7) is 2.58. The van der Waals surface area contributed by atoms with Crippen molar-refractivity contribution in [1.29, 1.82) is 0 Å². The monoisotopic (exact) mass is 300 g/mol. The van der Waals surface area contributed by atoms with Gasteiger partial charge < -0.3 is 5.32 Å². The second-order valence-corrected chi connectivity index (χ2v) is 5.43. The minimum Gasteiger partial charge on any atom is -0.381 e. The minimum absolute atomic E-state index is 0.344. The van der Waals surface area contributed by atoms with E-state index in [2.05, 4.69) is 22.4 Å². The lowest BCUT2D eigenvalue weighted by molar-refractivity contribution is 0.628. The molecule has 3 rings (SSSR count). The Morgan fingerprint density at radius 2 is 1.95 bits per heavy atom. The second kappa shape index (κ2) is 5.70. The number of rotatable bonds is 3. The zero-order valence-corrected chi connectivity index (χ0v) is 12.3. The molecule has 2 nitrogen and oxygen atoms in total. The molecule has 0 unspecified atom stereocenters. The summed E-state index contributed by atoms with van der Waals surface area (Å²) in [5, 5.41) is 4.65. The van der Waals surface area contributed by atoms with Crippen molar-refractivity contribution < 1.29 is 4.39 Å². The number of benzene rings is 2. The van der Waals surface area contributed by atoms with Crippen molar-refractivity contribution in [3.63, 3.8) is 0 Å². The Hall–Kier alpha value is -2.13. The molecule has 0 amide bonds. The molecule has 3 aromatic rings. The van der Waals surface area contributed by atoms with E-state index >= 15 is 0 Å². The number of aryl methyl sites for hydroxylation is 1. The third-order valence-electron chi connectivity index (χ3n) is 3.25. The molecule has 21 heavy (non-hydrogen) atoms. The third-order valence-corrected chi connectivity index (χ3v) is 3.47. The number of anilines is 1. The van der Waals surface area contributed by atoms with Crippen molar-refractivity contribution in [3.05, 3.63) is 70.6 Å². The molecule has 0 aliphatic heterocycles. The van der Waals surface area contributed by atoms with Gasteiger partial charge in [-0.05, 0) is 48.9 Å². The molecule has 1 heterocycles. The summed E-state index contributed by atoms with van der Waals surface area (Å²) in [6, 6.07) is 14.6. The van der Waals surface area contributed by atoms with Crippen molar-refractivity contribution in [2.24, 2.45) is 0 Å². The van der Waals surface area contributed by atoms with Crippen LogP contribution in [-0.4, -0.2) is 4.98 Å². The first kappa shape index (κ1) is 13.8. The van der Waals surface area contributed by atoms with E-state index in [-0.39, 0.29) is 5.82 Å². The molecule has 2 aromatic carbocycles. The van der Waals surface area contributed by atoms with Crippen LogP contribution in [0.4, 0.5) is 10.1 Å². The van der Waals surface area contributed by atoms with Crippen LogP contribution in [-0.2, 0) is 6.54 Å². The van der Waals surface area contributed by atoms with Crippen LogP contribution in [0.1, 0.15) is 11.3 Å². The highest BCUT2D eigenvalue weighted by atomic mass is 35.5. The van der Waals surface area contributed by atoms with E-state index in [0.29, 0.717) is 17.3 Å². The standard InChI is InChI=1S/C17H14ClFN2/c1-11-2-4-13-6-12(3-5-17(13)21-11)10-20-16-8-14(18)7-15(19)9-16/h2-9,20H,10H2,1H3. The van der Waals surface area contributed by atoms with Gasteiger partial charge in [-0.25, -0.2) is 4.39 Å². The number of aromatic nitrogens is 1. The zero-order chi connectivity index (χ0) is 14.8. The Balaban J connectivity index is 1.80. The minimum atomic E-state index is -0.344. The lowest BCUT2D eigenvalue weighted by Gasteiger charge is -2.08. The largest absolute Gasteiger partial charge is 0.381 e. The number of hydrogen-bond donors (Lipinski definition) is 1. The first-order chi connectivity index (χ1) is 10.1. The van der Waals surface area contributed by atoms with Crippen LogP contribution < -0.4 is 5.32 Å². The summed E-state index contributed by atoms with van der Waals surface area (Å²) in [5.74, 6) is -0.344. The maximum absolute atomic E-state index is 13.3. The predicted octanol–water partition coefficient (Wildman–Crippen LogP) is 4.95. The average Bonchev–Trinajstić information content (AvgIpc) is 2.44. The maximum atomic E-state index is 13.3. The Labute approximate surface area is 127 Å². The number of hydrogen-bond acceptors (Lipinski definition) is 2. The molecule has 0 radical (unpaired) electrons. The van der Waals surface area contributed by atoms with E-state index in [1.807, 2.05) is 25.1 Å². The SMILES string of the molecule is Cc1ccc2cc(CNc3cc(F)cc(Cl)c3)ccc2n1. The molecule has 0 spiro atoms. The van der Waals surface area contributed by atoms with Gasteiger partial charge in [-0.1, -0.05) is 23.7 Å². The van der Waals surface area contributed by atoms with E-state index in [1.54, 1.807) is 6.07 Å². The van der Waals surface area contributed by atoms with E-state index < -0.39 is 0 Å². The fourth-order valence-corrected chi connectivity index (χ4v) is 2.47. The fraction of sp³-hybridized carbons (Fsp3) is 0.118. The molecular formula is C17H14ClFN2. The Morgan fingerprint density at radius 1 is 1.10 bits per heavy atom. The maximum Gasteiger partial charge on any atom is 0.126 e. The molecule has 0 saturated heterocycles. The number of pyridine rings is 1. The quantitative estimate of drug-likeness (QED) is 0.740. The molecule has 1 N–H and O–H groups in total. The molecular weight excluding hydrogens is 287 g/mol. The van der Waals surface area contributed by atoms with E-state index in [9.17, 15) is 4.39 Å². The molecule has 0 atom stereocenters. The van der Waals surface area contributed by atoms with Gasteiger partial charge in [0.25, 0.3) is 0 Å². The first-order valence-electron chi connectivity index (χ1n) is 6.66. The molecule has 1 aromatic heterocycles. The topological polar surface area (TPSA) is 24.9 Å². The van der Waals surface area contributed by atoms with Crippen molar-refractivity contribution in [3.8, 4) is 0 Å². The molecule has 106 valence electrons.